The van der Waals surface area contributed by atoms with Gasteiger partial charge in [0.15, 0.2) is 5.13 Å². The molecule has 3 aromatic rings. The van der Waals surface area contributed by atoms with Crippen LogP contribution < -0.4 is 16.0 Å². The molecule has 0 radical (unpaired) electrons. The Morgan fingerprint density at radius 3 is 2.66 bits per heavy atom. The monoisotopic (exact) mass is 428 g/mol. The number of benzene rings is 2. The fraction of sp³-hybridized carbons (Fsp3) is 0.190. The van der Waals surface area contributed by atoms with E-state index < -0.39 is 6.03 Å². The average molecular weight is 429 g/mol. The molecular weight excluding hydrogens is 408 g/mol. The van der Waals surface area contributed by atoms with Gasteiger partial charge < -0.3 is 10.6 Å². The third-order valence-electron chi connectivity index (χ3n) is 4.12. The number of aryl methyl sites for hydroxylation is 3. The van der Waals surface area contributed by atoms with E-state index in [1.807, 2.05) is 37.4 Å². The number of urea groups is 1. The number of nitrogens with zero attached hydrogens (tertiary/aromatic N) is 1. The SMILES string of the molecule is Cc1ccc(NC(=O)CCc2csc(NC(=O)Nc3cccc(Cl)c3)n2)c(C)c1. The topological polar surface area (TPSA) is 83.1 Å². The number of hydrogen-bond donors (Lipinski definition) is 3. The summed E-state index contributed by atoms with van der Waals surface area (Å²) in [7, 11) is 0. The van der Waals surface area contributed by atoms with Crippen LogP contribution in [-0.2, 0) is 11.2 Å². The summed E-state index contributed by atoms with van der Waals surface area (Å²) < 4.78 is 0. The molecule has 0 aliphatic carbocycles. The first kappa shape index (κ1) is 20.8. The van der Waals surface area contributed by atoms with E-state index in [0.29, 0.717) is 28.7 Å². The van der Waals surface area contributed by atoms with E-state index >= 15 is 0 Å². The minimum atomic E-state index is -0.402. The molecule has 0 saturated carbocycles. The summed E-state index contributed by atoms with van der Waals surface area (Å²) in [5.74, 6) is -0.0711. The zero-order valence-corrected chi connectivity index (χ0v) is 17.7. The van der Waals surface area contributed by atoms with Crippen LogP contribution in [0.3, 0.4) is 0 Å². The molecule has 0 bridgehead atoms. The van der Waals surface area contributed by atoms with E-state index in [1.165, 1.54) is 11.3 Å². The number of amides is 3. The molecule has 0 aliphatic heterocycles. The van der Waals surface area contributed by atoms with E-state index in [2.05, 4.69) is 20.9 Å². The molecular formula is C21H21ClN4O2S. The summed E-state index contributed by atoms with van der Waals surface area (Å²) in [5.41, 5.74) is 4.35. The number of halogens is 1. The Hall–Kier alpha value is -2.90. The molecule has 0 unspecified atom stereocenters. The molecule has 29 heavy (non-hydrogen) atoms. The molecule has 150 valence electrons. The third-order valence-corrected chi connectivity index (χ3v) is 5.16. The predicted octanol–water partition coefficient (Wildman–Crippen LogP) is 5.63. The second-order valence-corrected chi connectivity index (χ2v) is 7.89. The molecule has 2 aromatic carbocycles. The van der Waals surface area contributed by atoms with Gasteiger partial charge in [0.1, 0.15) is 0 Å². The van der Waals surface area contributed by atoms with Gasteiger partial charge >= 0.3 is 6.03 Å². The molecule has 0 spiro atoms. The summed E-state index contributed by atoms with van der Waals surface area (Å²) in [6.07, 6.45) is 0.802. The van der Waals surface area contributed by atoms with Gasteiger partial charge in [0, 0.05) is 28.2 Å². The van der Waals surface area contributed by atoms with Gasteiger partial charge in [-0.05, 0) is 50.1 Å². The van der Waals surface area contributed by atoms with Crippen molar-refractivity contribution in [3.05, 3.63) is 69.7 Å². The number of carbonyl (C=O) groups is 2. The Morgan fingerprint density at radius 1 is 1.07 bits per heavy atom. The lowest BCUT2D eigenvalue weighted by molar-refractivity contribution is -0.116. The summed E-state index contributed by atoms with van der Waals surface area (Å²) >= 11 is 7.21. The minimum absolute atomic E-state index is 0.0711. The fourth-order valence-corrected chi connectivity index (χ4v) is 3.64. The first-order chi connectivity index (χ1) is 13.9. The van der Waals surface area contributed by atoms with Gasteiger partial charge in [-0.2, -0.15) is 0 Å². The van der Waals surface area contributed by atoms with Gasteiger partial charge in [0.05, 0.1) is 5.69 Å². The van der Waals surface area contributed by atoms with Crippen molar-refractivity contribution in [3.63, 3.8) is 0 Å². The molecule has 0 saturated heterocycles. The van der Waals surface area contributed by atoms with Crippen molar-refractivity contribution in [3.8, 4) is 0 Å². The zero-order valence-electron chi connectivity index (χ0n) is 16.1. The second kappa shape index (κ2) is 9.54. The molecule has 1 heterocycles. The lowest BCUT2D eigenvalue weighted by atomic mass is 10.1. The van der Waals surface area contributed by atoms with E-state index in [-0.39, 0.29) is 5.91 Å². The Bertz CT molecular complexity index is 1040. The van der Waals surface area contributed by atoms with Gasteiger partial charge in [0.25, 0.3) is 0 Å². The third kappa shape index (κ3) is 6.30. The van der Waals surface area contributed by atoms with Crippen LogP contribution >= 0.6 is 22.9 Å². The molecule has 3 N–H and O–H groups in total. The van der Waals surface area contributed by atoms with Crippen LogP contribution in [0.2, 0.25) is 5.02 Å². The van der Waals surface area contributed by atoms with Crippen molar-refractivity contribution >= 4 is 51.4 Å². The predicted molar refractivity (Wildman–Crippen MR) is 119 cm³/mol. The molecule has 1 aromatic heterocycles. The summed E-state index contributed by atoms with van der Waals surface area (Å²) in [6.45, 7) is 3.98. The van der Waals surface area contributed by atoms with Crippen LogP contribution in [0.5, 0.6) is 0 Å². The lowest BCUT2D eigenvalue weighted by Gasteiger charge is -2.08. The quantitative estimate of drug-likeness (QED) is 0.475. The van der Waals surface area contributed by atoms with Crippen molar-refractivity contribution in [1.82, 2.24) is 4.98 Å². The Labute approximate surface area is 178 Å². The number of anilines is 3. The molecule has 6 nitrogen and oxygen atoms in total. The zero-order chi connectivity index (χ0) is 20.8. The minimum Gasteiger partial charge on any atom is -0.326 e. The smallest absolute Gasteiger partial charge is 0.325 e. The Kier molecular flexibility index (Phi) is 6.85. The Morgan fingerprint density at radius 2 is 1.90 bits per heavy atom. The van der Waals surface area contributed by atoms with Crippen LogP contribution in [0.25, 0.3) is 0 Å². The van der Waals surface area contributed by atoms with Crippen LogP contribution in [0.4, 0.5) is 21.3 Å². The van der Waals surface area contributed by atoms with Gasteiger partial charge in [-0.15, -0.1) is 11.3 Å². The summed E-state index contributed by atoms with van der Waals surface area (Å²) in [5, 5.41) is 11.1. The van der Waals surface area contributed by atoms with Crippen LogP contribution in [0.15, 0.2) is 47.8 Å². The van der Waals surface area contributed by atoms with Gasteiger partial charge in [-0.1, -0.05) is 35.4 Å². The van der Waals surface area contributed by atoms with Gasteiger partial charge in [-0.25, -0.2) is 9.78 Å². The highest BCUT2D eigenvalue weighted by Crippen LogP contribution is 2.20. The first-order valence-corrected chi connectivity index (χ1v) is 10.3. The van der Waals surface area contributed by atoms with Crippen molar-refractivity contribution in [1.29, 1.82) is 0 Å². The molecule has 0 aliphatic rings. The normalized spacial score (nSPS) is 10.4. The number of rotatable bonds is 6. The van der Waals surface area contributed by atoms with E-state index in [4.69, 9.17) is 11.6 Å². The largest absolute Gasteiger partial charge is 0.326 e. The highest BCUT2D eigenvalue weighted by atomic mass is 35.5. The van der Waals surface area contributed by atoms with E-state index in [0.717, 1.165) is 22.5 Å². The highest BCUT2D eigenvalue weighted by molar-refractivity contribution is 7.13. The molecule has 0 atom stereocenters. The number of carbonyl (C=O) groups excluding carboxylic acids is 2. The number of aromatic nitrogens is 1. The standard InChI is InChI=1S/C21H21ClN4O2S/c1-13-6-8-18(14(2)10-13)25-19(27)9-7-17-12-29-21(24-17)26-20(28)23-16-5-3-4-15(22)11-16/h3-6,8,10-12H,7,9H2,1-2H3,(H,25,27)(H2,23,24,26,28). The van der Waals surface area contributed by atoms with Gasteiger partial charge in [0.2, 0.25) is 5.91 Å². The van der Waals surface area contributed by atoms with Gasteiger partial charge in [-0.3, -0.25) is 10.1 Å². The molecule has 0 fully saturated rings. The van der Waals surface area contributed by atoms with Crippen molar-refractivity contribution in [2.75, 3.05) is 16.0 Å². The van der Waals surface area contributed by atoms with Crippen LogP contribution in [0.1, 0.15) is 23.2 Å². The molecule has 3 amide bonds. The number of thiazole rings is 1. The van der Waals surface area contributed by atoms with Crippen molar-refractivity contribution < 1.29 is 9.59 Å². The average Bonchev–Trinajstić information content (AvgIpc) is 3.09. The molecule has 3 rings (SSSR count). The second-order valence-electron chi connectivity index (χ2n) is 6.60. The maximum atomic E-state index is 12.2. The lowest BCUT2D eigenvalue weighted by Crippen LogP contribution is -2.19. The first-order valence-electron chi connectivity index (χ1n) is 9.04. The maximum absolute atomic E-state index is 12.2. The van der Waals surface area contributed by atoms with Crippen molar-refractivity contribution in [2.24, 2.45) is 0 Å². The van der Waals surface area contributed by atoms with E-state index in [1.54, 1.807) is 24.3 Å². The van der Waals surface area contributed by atoms with Crippen molar-refractivity contribution in [2.45, 2.75) is 26.7 Å². The number of nitrogens with one attached hydrogen (secondary N) is 3. The Balaban J connectivity index is 1.48. The number of hydrogen-bond acceptors (Lipinski definition) is 4. The molecule has 8 heteroatoms. The summed E-state index contributed by atoms with van der Waals surface area (Å²) in [4.78, 5) is 28.6. The van der Waals surface area contributed by atoms with Crippen LogP contribution in [0, 0.1) is 13.8 Å². The maximum Gasteiger partial charge on any atom is 0.325 e. The fourth-order valence-electron chi connectivity index (χ4n) is 2.71. The highest BCUT2D eigenvalue weighted by Gasteiger charge is 2.10. The van der Waals surface area contributed by atoms with E-state index in [9.17, 15) is 9.59 Å². The summed E-state index contributed by atoms with van der Waals surface area (Å²) in [6, 6.07) is 12.4. The van der Waals surface area contributed by atoms with Crippen LogP contribution in [-0.4, -0.2) is 16.9 Å².